The van der Waals surface area contributed by atoms with Crippen molar-refractivity contribution >= 4 is 0 Å². The summed E-state index contributed by atoms with van der Waals surface area (Å²) in [6, 6.07) is 2.56. The summed E-state index contributed by atoms with van der Waals surface area (Å²) in [5, 5.41) is 14.9. The molecule has 108 valence electrons. The highest BCUT2D eigenvalue weighted by Crippen LogP contribution is 2.27. The smallest absolute Gasteiger partial charge is 0.137 e. The normalized spacial score (nSPS) is 18.3. The van der Waals surface area contributed by atoms with Crippen LogP contribution in [0.3, 0.4) is 0 Å². The van der Waals surface area contributed by atoms with Gasteiger partial charge in [0.15, 0.2) is 0 Å². The summed E-state index contributed by atoms with van der Waals surface area (Å²) in [6.45, 7) is 0. The molecule has 0 saturated heterocycles. The molecule has 3 rings (SSSR count). The molecule has 2 heterocycles. The van der Waals surface area contributed by atoms with Crippen molar-refractivity contribution in [2.45, 2.75) is 50.7 Å². The van der Waals surface area contributed by atoms with Gasteiger partial charge in [-0.3, -0.25) is 4.68 Å². The molecule has 0 radical (unpaired) electrons. The van der Waals surface area contributed by atoms with E-state index in [-0.39, 0.29) is 0 Å². The van der Waals surface area contributed by atoms with E-state index in [4.69, 9.17) is 0 Å². The molecule has 1 aliphatic rings. The lowest BCUT2D eigenvalue weighted by Crippen LogP contribution is -2.14. The minimum Gasteiger partial charge on any atom is -0.385 e. The van der Waals surface area contributed by atoms with Crippen LogP contribution < -0.4 is 0 Å². The van der Waals surface area contributed by atoms with Gasteiger partial charge >= 0.3 is 0 Å². The van der Waals surface area contributed by atoms with Crippen molar-refractivity contribution in [3.05, 3.63) is 36.2 Å². The van der Waals surface area contributed by atoms with Crippen LogP contribution in [0.5, 0.6) is 0 Å². The first kappa shape index (κ1) is 13.4. The van der Waals surface area contributed by atoms with Gasteiger partial charge in [0.2, 0.25) is 0 Å². The molecule has 1 unspecified atom stereocenters. The van der Waals surface area contributed by atoms with Crippen LogP contribution in [0.2, 0.25) is 0 Å². The van der Waals surface area contributed by atoms with Crippen molar-refractivity contribution in [1.82, 2.24) is 19.3 Å². The van der Waals surface area contributed by atoms with Gasteiger partial charge in [0, 0.05) is 32.1 Å². The number of aryl methyl sites for hydroxylation is 1. The minimum absolute atomic E-state index is 0.518. The fourth-order valence-corrected chi connectivity index (χ4v) is 3.02. The van der Waals surface area contributed by atoms with E-state index in [1.165, 1.54) is 32.1 Å². The Hall–Kier alpha value is -1.62. The molecule has 1 fully saturated rings. The van der Waals surface area contributed by atoms with E-state index < -0.39 is 6.10 Å². The lowest BCUT2D eigenvalue weighted by Gasteiger charge is -2.21. The number of aromatic nitrogens is 4. The zero-order valence-electron chi connectivity index (χ0n) is 11.9. The van der Waals surface area contributed by atoms with Crippen LogP contribution >= 0.6 is 0 Å². The number of rotatable bonds is 4. The summed E-state index contributed by atoms with van der Waals surface area (Å²) < 4.78 is 3.93. The minimum atomic E-state index is -0.593. The summed E-state index contributed by atoms with van der Waals surface area (Å²) in [6.07, 6.45) is 11.9. The number of nitrogens with zero attached hydrogens (tertiary/aromatic N) is 4. The number of hydrogen-bond acceptors (Lipinski definition) is 3. The maximum absolute atomic E-state index is 10.2. The predicted molar refractivity (Wildman–Crippen MR) is 76.2 cm³/mol. The first-order chi connectivity index (χ1) is 9.74. The molecule has 2 aromatic heterocycles. The van der Waals surface area contributed by atoms with Gasteiger partial charge in [0.25, 0.3) is 0 Å². The molecule has 2 aromatic rings. The second-order valence-electron chi connectivity index (χ2n) is 5.70. The number of aliphatic hydroxyl groups excluding tert-OH is 1. The van der Waals surface area contributed by atoms with Crippen molar-refractivity contribution in [1.29, 1.82) is 0 Å². The Morgan fingerprint density at radius 2 is 2.10 bits per heavy atom. The number of imidazole rings is 1. The summed E-state index contributed by atoms with van der Waals surface area (Å²) in [4.78, 5) is 4.19. The van der Waals surface area contributed by atoms with Gasteiger partial charge in [-0.2, -0.15) is 5.10 Å². The Morgan fingerprint density at radius 3 is 2.80 bits per heavy atom. The van der Waals surface area contributed by atoms with Crippen LogP contribution in [0.15, 0.2) is 24.7 Å². The van der Waals surface area contributed by atoms with E-state index >= 15 is 0 Å². The molecule has 5 heteroatoms. The fraction of sp³-hybridized carbons (Fsp3) is 0.600. The van der Waals surface area contributed by atoms with Crippen LogP contribution in [0, 0.1) is 0 Å². The van der Waals surface area contributed by atoms with Gasteiger partial charge in [0.1, 0.15) is 11.9 Å². The Labute approximate surface area is 119 Å². The van der Waals surface area contributed by atoms with E-state index in [0.29, 0.717) is 18.3 Å². The zero-order valence-corrected chi connectivity index (χ0v) is 11.9. The van der Waals surface area contributed by atoms with E-state index in [0.717, 1.165) is 5.69 Å². The molecular formula is C15H22N4O. The van der Waals surface area contributed by atoms with Gasteiger partial charge in [-0.05, 0) is 18.9 Å². The monoisotopic (exact) mass is 274 g/mol. The standard InChI is InChI=1S/C15H22N4O/c1-18-10-8-16-15(18)14(20)11-12-7-9-19(17-12)13-5-3-2-4-6-13/h7-10,13-14,20H,2-6,11H2,1H3. The molecule has 0 bridgehead atoms. The van der Waals surface area contributed by atoms with E-state index in [2.05, 4.69) is 21.0 Å². The maximum atomic E-state index is 10.2. The molecule has 20 heavy (non-hydrogen) atoms. The van der Waals surface area contributed by atoms with Crippen molar-refractivity contribution in [2.75, 3.05) is 0 Å². The van der Waals surface area contributed by atoms with Crippen LogP contribution in [-0.2, 0) is 13.5 Å². The Bertz CT molecular complexity index is 554. The second-order valence-corrected chi connectivity index (χ2v) is 5.70. The molecule has 1 saturated carbocycles. The van der Waals surface area contributed by atoms with Crippen LogP contribution in [0.1, 0.15) is 55.8 Å². The largest absolute Gasteiger partial charge is 0.385 e. The van der Waals surface area contributed by atoms with Crippen molar-refractivity contribution in [3.63, 3.8) is 0 Å². The third kappa shape index (κ3) is 2.77. The predicted octanol–water partition coefficient (Wildman–Crippen LogP) is 2.40. The molecular weight excluding hydrogens is 252 g/mol. The van der Waals surface area contributed by atoms with E-state index in [9.17, 15) is 5.11 Å². The molecule has 0 aromatic carbocycles. The summed E-state index contributed by atoms with van der Waals surface area (Å²) >= 11 is 0. The average molecular weight is 274 g/mol. The van der Waals surface area contributed by atoms with Crippen molar-refractivity contribution in [2.24, 2.45) is 7.05 Å². The van der Waals surface area contributed by atoms with Crippen molar-refractivity contribution < 1.29 is 5.11 Å². The summed E-state index contributed by atoms with van der Waals surface area (Å²) in [5.41, 5.74) is 0.936. The third-order valence-electron chi connectivity index (χ3n) is 4.17. The first-order valence-electron chi connectivity index (χ1n) is 7.43. The number of hydrogen-bond donors (Lipinski definition) is 1. The molecule has 0 amide bonds. The van der Waals surface area contributed by atoms with Crippen LogP contribution in [0.25, 0.3) is 0 Å². The first-order valence-corrected chi connectivity index (χ1v) is 7.43. The van der Waals surface area contributed by atoms with Gasteiger partial charge in [0.05, 0.1) is 11.7 Å². The maximum Gasteiger partial charge on any atom is 0.137 e. The third-order valence-corrected chi connectivity index (χ3v) is 4.17. The van der Waals surface area contributed by atoms with Gasteiger partial charge in [-0.1, -0.05) is 19.3 Å². The summed E-state index contributed by atoms with van der Waals surface area (Å²) in [5.74, 6) is 0.692. The molecule has 0 aliphatic heterocycles. The molecule has 1 atom stereocenters. The van der Waals surface area contributed by atoms with Gasteiger partial charge in [-0.15, -0.1) is 0 Å². The molecule has 5 nitrogen and oxygen atoms in total. The van der Waals surface area contributed by atoms with Gasteiger partial charge in [-0.25, -0.2) is 4.98 Å². The highest BCUT2D eigenvalue weighted by Gasteiger charge is 2.18. The van der Waals surface area contributed by atoms with Crippen molar-refractivity contribution in [3.8, 4) is 0 Å². The van der Waals surface area contributed by atoms with Gasteiger partial charge < -0.3 is 9.67 Å². The van der Waals surface area contributed by atoms with Crippen LogP contribution in [-0.4, -0.2) is 24.4 Å². The highest BCUT2D eigenvalue weighted by molar-refractivity contribution is 5.06. The molecule has 1 N–H and O–H groups in total. The Morgan fingerprint density at radius 1 is 1.30 bits per heavy atom. The Balaban J connectivity index is 1.66. The molecule has 0 spiro atoms. The molecule has 1 aliphatic carbocycles. The fourth-order valence-electron chi connectivity index (χ4n) is 3.02. The lowest BCUT2D eigenvalue weighted by atomic mass is 9.96. The topological polar surface area (TPSA) is 55.9 Å². The van der Waals surface area contributed by atoms with Crippen LogP contribution in [0.4, 0.5) is 0 Å². The summed E-state index contributed by atoms with van der Waals surface area (Å²) in [7, 11) is 1.90. The highest BCUT2D eigenvalue weighted by atomic mass is 16.3. The lowest BCUT2D eigenvalue weighted by molar-refractivity contribution is 0.163. The zero-order chi connectivity index (χ0) is 13.9. The second kappa shape index (κ2) is 5.79. The SMILES string of the molecule is Cn1ccnc1C(O)Cc1ccn(C2CCCCC2)n1. The number of aliphatic hydroxyl groups is 1. The van der Waals surface area contributed by atoms with E-state index in [1.807, 2.05) is 23.9 Å². The Kier molecular flexibility index (Phi) is 3.87. The van der Waals surface area contributed by atoms with E-state index in [1.54, 1.807) is 6.20 Å². The quantitative estimate of drug-likeness (QED) is 0.931. The average Bonchev–Trinajstić information content (AvgIpc) is 3.09.